The van der Waals surface area contributed by atoms with Gasteiger partial charge in [0.2, 0.25) is 0 Å². The van der Waals surface area contributed by atoms with Gasteiger partial charge in [0.05, 0.1) is 5.52 Å². The number of nitrogens with zero attached hydrogens (tertiary/aromatic N) is 1. The highest BCUT2D eigenvalue weighted by atomic mass is 35.5. The molecule has 2 aromatic heterocycles. The summed E-state index contributed by atoms with van der Waals surface area (Å²) in [4.78, 5) is 16.3. The van der Waals surface area contributed by atoms with Gasteiger partial charge in [-0.3, -0.25) is 4.79 Å². The second-order valence-electron chi connectivity index (χ2n) is 8.67. The summed E-state index contributed by atoms with van der Waals surface area (Å²) < 4.78 is 59.0. The second kappa shape index (κ2) is 9.03. The molecule has 0 radical (unpaired) electrons. The van der Waals surface area contributed by atoms with Gasteiger partial charge in [-0.05, 0) is 74.2 Å². The fourth-order valence-corrected chi connectivity index (χ4v) is 4.62. The number of hydrogen-bond acceptors (Lipinski definition) is 4. The third-order valence-corrected chi connectivity index (χ3v) is 6.42. The van der Waals surface area contributed by atoms with Crippen LogP contribution in [0.15, 0.2) is 52.9 Å². The summed E-state index contributed by atoms with van der Waals surface area (Å²) in [5, 5.41) is 7.58. The van der Waals surface area contributed by atoms with E-state index in [1.165, 1.54) is 36.4 Å². The van der Waals surface area contributed by atoms with Crippen LogP contribution in [-0.4, -0.2) is 23.0 Å². The molecule has 0 saturated heterocycles. The maximum Gasteiger partial charge on any atom is 0.433 e. The van der Waals surface area contributed by atoms with Gasteiger partial charge in [0, 0.05) is 33.6 Å². The maximum atomic E-state index is 13.4. The number of halogens is 5. The molecule has 0 aliphatic heterocycles. The first kappa shape index (κ1) is 23.4. The summed E-state index contributed by atoms with van der Waals surface area (Å²) in [5.74, 6) is -0.698. The Labute approximate surface area is 202 Å². The third-order valence-electron chi connectivity index (χ3n) is 6.19. The van der Waals surface area contributed by atoms with Gasteiger partial charge in [0.1, 0.15) is 17.1 Å². The van der Waals surface area contributed by atoms with Crippen LogP contribution >= 0.6 is 11.6 Å². The lowest BCUT2D eigenvalue weighted by Crippen LogP contribution is -2.40. The Kier molecular flexibility index (Phi) is 6.04. The molecule has 5 rings (SSSR count). The number of nitrogens with one attached hydrogen (secondary N) is 2. The topological polar surface area (TPSA) is 67.2 Å². The monoisotopic (exact) mass is 505 g/mol. The molecule has 0 bridgehead atoms. The van der Waals surface area contributed by atoms with Crippen molar-refractivity contribution in [2.75, 3.05) is 5.32 Å². The Morgan fingerprint density at radius 2 is 1.74 bits per heavy atom. The van der Waals surface area contributed by atoms with Gasteiger partial charge >= 0.3 is 6.18 Å². The highest BCUT2D eigenvalue weighted by Crippen LogP contribution is 2.35. The van der Waals surface area contributed by atoms with Gasteiger partial charge in [-0.25, -0.2) is 9.37 Å². The lowest BCUT2D eigenvalue weighted by molar-refractivity contribution is -0.140. The Morgan fingerprint density at radius 1 is 1.00 bits per heavy atom. The lowest BCUT2D eigenvalue weighted by Gasteiger charge is -2.30. The number of pyridine rings is 1. The van der Waals surface area contributed by atoms with Crippen molar-refractivity contribution >= 4 is 45.1 Å². The van der Waals surface area contributed by atoms with Crippen molar-refractivity contribution in [1.29, 1.82) is 0 Å². The molecule has 1 amide bonds. The molecule has 182 valence electrons. The molecular weight excluding hydrogens is 486 g/mol. The summed E-state index contributed by atoms with van der Waals surface area (Å²) in [6, 6.07) is 10.9. The number of aromatic nitrogens is 1. The first-order valence-electron chi connectivity index (χ1n) is 11.1. The molecule has 0 spiro atoms. The highest BCUT2D eigenvalue weighted by molar-refractivity contribution is 6.31. The molecule has 2 aromatic carbocycles. The molecule has 1 saturated carbocycles. The summed E-state index contributed by atoms with van der Waals surface area (Å²) in [6.07, 6.45) is -2.03. The number of amides is 1. The van der Waals surface area contributed by atoms with E-state index in [-0.39, 0.29) is 29.3 Å². The van der Waals surface area contributed by atoms with Crippen LogP contribution in [0, 0.1) is 5.82 Å². The van der Waals surface area contributed by atoms with Crippen LogP contribution in [0.3, 0.4) is 0 Å². The van der Waals surface area contributed by atoms with E-state index in [9.17, 15) is 22.4 Å². The molecule has 2 heterocycles. The van der Waals surface area contributed by atoms with E-state index in [2.05, 4.69) is 15.6 Å². The van der Waals surface area contributed by atoms with Crippen LogP contribution in [0.1, 0.15) is 41.9 Å². The molecule has 2 N–H and O–H groups in total. The van der Waals surface area contributed by atoms with Crippen molar-refractivity contribution in [1.82, 2.24) is 10.3 Å². The molecule has 0 atom stereocenters. The Morgan fingerprint density at radius 3 is 2.49 bits per heavy atom. The van der Waals surface area contributed by atoms with E-state index in [1.807, 2.05) is 0 Å². The standard InChI is InChI=1S/C25H20ClF4N3O2/c26-14-1-7-19-18(11-14)20(12-23(33-19)25(28,29)30)31-16-3-5-17(6-4-16)32-24(34)22-10-13-9-15(27)2-8-21(13)35-22/h1-2,7-12,16-17H,3-6H2,(H,31,33)(H,32,34)/t16-,17+. The van der Waals surface area contributed by atoms with Gasteiger partial charge in [-0.15, -0.1) is 0 Å². The normalized spacial score (nSPS) is 18.7. The zero-order valence-corrected chi connectivity index (χ0v) is 19.0. The van der Waals surface area contributed by atoms with Crippen LogP contribution in [0.2, 0.25) is 5.02 Å². The predicted octanol–water partition coefficient (Wildman–Crippen LogP) is 6.95. The van der Waals surface area contributed by atoms with Crippen LogP contribution in [-0.2, 0) is 6.18 Å². The molecule has 1 fully saturated rings. The second-order valence-corrected chi connectivity index (χ2v) is 9.11. The highest BCUT2D eigenvalue weighted by Gasteiger charge is 2.34. The lowest BCUT2D eigenvalue weighted by atomic mass is 9.90. The van der Waals surface area contributed by atoms with Gasteiger partial charge in [-0.2, -0.15) is 13.2 Å². The van der Waals surface area contributed by atoms with Crippen LogP contribution in [0.4, 0.5) is 23.2 Å². The molecule has 35 heavy (non-hydrogen) atoms. The Balaban J connectivity index is 1.26. The zero-order valence-electron chi connectivity index (χ0n) is 18.3. The molecule has 5 nitrogen and oxygen atoms in total. The number of rotatable bonds is 4. The average Bonchev–Trinajstić information content (AvgIpc) is 3.23. The number of fused-ring (bicyclic) bond motifs is 2. The quantitative estimate of drug-likeness (QED) is 0.295. The van der Waals surface area contributed by atoms with Crippen molar-refractivity contribution in [2.24, 2.45) is 0 Å². The number of furan rings is 1. The molecule has 1 aliphatic rings. The SMILES string of the molecule is O=C(N[C@H]1CC[C@@H](Nc2cc(C(F)(F)F)nc3ccc(Cl)cc23)CC1)c1cc2cc(F)ccc2o1. The van der Waals surface area contributed by atoms with Crippen LogP contribution < -0.4 is 10.6 Å². The summed E-state index contributed by atoms with van der Waals surface area (Å²) in [6.45, 7) is 0. The molecule has 1 aliphatic carbocycles. The molecule has 0 unspecified atom stereocenters. The number of carbonyl (C=O) groups excluding carboxylic acids is 1. The van der Waals surface area contributed by atoms with E-state index < -0.39 is 17.7 Å². The van der Waals surface area contributed by atoms with Gasteiger partial charge < -0.3 is 15.1 Å². The number of anilines is 1. The van der Waals surface area contributed by atoms with E-state index in [1.54, 1.807) is 6.07 Å². The first-order chi connectivity index (χ1) is 16.7. The molecule has 10 heteroatoms. The Bertz CT molecular complexity index is 1410. The van der Waals surface area contributed by atoms with Crippen molar-refractivity contribution in [3.63, 3.8) is 0 Å². The third kappa shape index (κ3) is 5.05. The molecule has 4 aromatic rings. The van der Waals surface area contributed by atoms with E-state index in [0.717, 1.165) is 6.07 Å². The fraction of sp³-hybridized carbons (Fsp3) is 0.280. The number of alkyl halides is 3. The summed E-state index contributed by atoms with van der Waals surface area (Å²) in [5.41, 5.74) is -0.0148. The van der Waals surface area contributed by atoms with Crippen molar-refractivity contribution in [3.05, 3.63) is 70.8 Å². The van der Waals surface area contributed by atoms with Crippen LogP contribution in [0.25, 0.3) is 21.9 Å². The minimum absolute atomic E-state index is 0.0806. The number of carbonyl (C=O) groups is 1. The fourth-order valence-electron chi connectivity index (χ4n) is 4.45. The van der Waals surface area contributed by atoms with Gasteiger partial charge in [0.25, 0.3) is 5.91 Å². The largest absolute Gasteiger partial charge is 0.451 e. The Hall–Kier alpha value is -3.33. The summed E-state index contributed by atoms with van der Waals surface area (Å²) in [7, 11) is 0. The summed E-state index contributed by atoms with van der Waals surface area (Å²) >= 11 is 6.07. The van der Waals surface area contributed by atoms with Crippen molar-refractivity contribution in [3.8, 4) is 0 Å². The van der Waals surface area contributed by atoms with Crippen LogP contribution in [0.5, 0.6) is 0 Å². The first-order valence-corrected chi connectivity index (χ1v) is 11.5. The minimum Gasteiger partial charge on any atom is -0.451 e. The van der Waals surface area contributed by atoms with Gasteiger partial charge in [-0.1, -0.05) is 11.6 Å². The van der Waals surface area contributed by atoms with Gasteiger partial charge in [0.15, 0.2) is 5.76 Å². The minimum atomic E-state index is -4.57. The zero-order chi connectivity index (χ0) is 24.7. The molecular formula is C25H20ClF4N3O2. The van der Waals surface area contributed by atoms with E-state index >= 15 is 0 Å². The predicted molar refractivity (Wildman–Crippen MR) is 125 cm³/mol. The van der Waals surface area contributed by atoms with E-state index in [0.29, 0.717) is 52.7 Å². The number of benzene rings is 2. The average molecular weight is 506 g/mol. The van der Waals surface area contributed by atoms with E-state index in [4.69, 9.17) is 16.0 Å². The maximum absolute atomic E-state index is 13.4. The number of hydrogen-bond donors (Lipinski definition) is 2. The van der Waals surface area contributed by atoms with Crippen molar-refractivity contribution in [2.45, 2.75) is 43.9 Å². The van der Waals surface area contributed by atoms with Crippen molar-refractivity contribution < 1.29 is 26.8 Å². The smallest absolute Gasteiger partial charge is 0.433 e.